The Hall–Kier alpha value is -2.01. The van der Waals surface area contributed by atoms with Gasteiger partial charge < -0.3 is 4.90 Å². The van der Waals surface area contributed by atoms with E-state index in [0.717, 1.165) is 32.1 Å². The summed E-state index contributed by atoms with van der Waals surface area (Å²) in [5, 5.41) is 0. The monoisotopic (exact) mass is 309 g/mol. The topological polar surface area (TPSA) is 45.2 Å². The van der Waals surface area contributed by atoms with E-state index in [1.54, 1.807) is 0 Å². The van der Waals surface area contributed by atoms with Gasteiger partial charge >= 0.3 is 0 Å². The fourth-order valence-electron chi connectivity index (χ4n) is 4.05. The summed E-state index contributed by atoms with van der Waals surface area (Å²) in [4.78, 5) is 18.3. The smallest absolute Gasteiger partial charge is 0.225 e. The molecule has 0 radical (unpaired) electrons. The number of hydrogen-bond acceptors (Lipinski definition) is 5. The fourth-order valence-corrected chi connectivity index (χ4v) is 4.05. The van der Waals surface area contributed by atoms with Gasteiger partial charge in [0.15, 0.2) is 0 Å². The lowest BCUT2D eigenvalue weighted by molar-refractivity contribution is 0.214. The maximum Gasteiger partial charge on any atom is 0.225 e. The van der Waals surface area contributed by atoms with Crippen LogP contribution in [-0.2, 0) is 6.54 Å². The van der Waals surface area contributed by atoms with Crippen molar-refractivity contribution in [3.8, 4) is 0 Å². The van der Waals surface area contributed by atoms with Gasteiger partial charge in [0.2, 0.25) is 5.95 Å². The molecule has 23 heavy (non-hydrogen) atoms. The molecule has 0 saturated carbocycles. The van der Waals surface area contributed by atoms with Crippen molar-refractivity contribution in [3.05, 3.63) is 48.5 Å². The molecule has 4 heterocycles. The molecule has 1 atom stereocenters. The minimum Gasteiger partial charge on any atom is -0.340 e. The standard InChI is InChI=1S/C18H23N5/c1-2-8-19-16(5-1)13-22-12-7-18(14-22)6-3-11-23(15-18)17-20-9-4-10-21-17/h1-2,4-5,8-10H,3,6-7,11-15H2/t18-/m1/s1. The van der Waals surface area contributed by atoms with Crippen LogP contribution in [0.4, 0.5) is 5.95 Å². The van der Waals surface area contributed by atoms with Crippen LogP contribution in [0.15, 0.2) is 42.9 Å². The van der Waals surface area contributed by atoms with Crippen molar-refractivity contribution in [2.75, 3.05) is 31.1 Å². The summed E-state index contributed by atoms with van der Waals surface area (Å²) in [5.41, 5.74) is 1.57. The Morgan fingerprint density at radius 1 is 0.913 bits per heavy atom. The van der Waals surface area contributed by atoms with Crippen LogP contribution in [0, 0.1) is 5.41 Å². The molecule has 2 aliphatic heterocycles. The van der Waals surface area contributed by atoms with Crippen molar-refractivity contribution >= 4 is 5.95 Å². The molecule has 2 fully saturated rings. The van der Waals surface area contributed by atoms with Crippen molar-refractivity contribution in [1.82, 2.24) is 19.9 Å². The van der Waals surface area contributed by atoms with E-state index < -0.39 is 0 Å². The summed E-state index contributed by atoms with van der Waals surface area (Å²) in [6.45, 7) is 5.44. The lowest BCUT2D eigenvalue weighted by Crippen LogP contribution is -2.45. The van der Waals surface area contributed by atoms with Gasteiger partial charge in [-0.15, -0.1) is 0 Å². The molecule has 0 unspecified atom stereocenters. The third kappa shape index (κ3) is 3.20. The van der Waals surface area contributed by atoms with Gasteiger partial charge in [-0.2, -0.15) is 0 Å². The van der Waals surface area contributed by atoms with E-state index in [1.165, 1.54) is 31.5 Å². The second-order valence-corrected chi connectivity index (χ2v) is 6.86. The Morgan fingerprint density at radius 2 is 1.78 bits per heavy atom. The molecule has 120 valence electrons. The molecule has 1 spiro atoms. The molecule has 5 nitrogen and oxygen atoms in total. The summed E-state index contributed by atoms with van der Waals surface area (Å²) >= 11 is 0. The molecule has 4 rings (SSSR count). The first-order chi connectivity index (χ1) is 11.3. The van der Waals surface area contributed by atoms with Crippen molar-refractivity contribution < 1.29 is 0 Å². The first-order valence-corrected chi connectivity index (χ1v) is 8.47. The zero-order chi connectivity index (χ0) is 15.5. The number of pyridine rings is 1. The van der Waals surface area contributed by atoms with E-state index in [1.807, 2.05) is 30.7 Å². The van der Waals surface area contributed by atoms with Crippen molar-refractivity contribution in [1.29, 1.82) is 0 Å². The van der Waals surface area contributed by atoms with Gasteiger partial charge in [0.05, 0.1) is 5.69 Å². The minimum absolute atomic E-state index is 0.395. The molecule has 2 aromatic heterocycles. The van der Waals surface area contributed by atoms with Crippen molar-refractivity contribution in [2.45, 2.75) is 25.8 Å². The normalized spacial score (nSPS) is 25.1. The number of anilines is 1. The van der Waals surface area contributed by atoms with Gasteiger partial charge in [-0.05, 0) is 44.0 Å². The Bertz CT molecular complexity index is 632. The Morgan fingerprint density at radius 3 is 2.61 bits per heavy atom. The largest absolute Gasteiger partial charge is 0.340 e. The maximum absolute atomic E-state index is 4.47. The van der Waals surface area contributed by atoms with Crippen LogP contribution in [0.3, 0.4) is 0 Å². The first-order valence-electron chi connectivity index (χ1n) is 8.47. The highest BCUT2D eigenvalue weighted by molar-refractivity contribution is 5.30. The number of nitrogens with zero attached hydrogens (tertiary/aromatic N) is 5. The molecule has 5 heteroatoms. The van der Waals surface area contributed by atoms with Crippen LogP contribution in [0.2, 0.25) is 0 Å². The summed E-state index contributed by atoms with van der Waals surface area (Å²) in [6, 6.07) is 8.06. The van der Waals surface area contributed by atoms with Gasteiger partial charge in [0.25, 0.3) is 0 Å². The Kier molecular flexibility index (Phi) is 3.95. The van der Waals surface area contributed by atoms with Crippen molar-refractivity contribution in [2.24, 2.45) is 5.41 Å². The number of likely N-dealkylation sites (tertiary alicyclic amines) is 1. The van der Waals surface area contributed by atoms with E-state index in [4.69, 9.17) is 0 Å². The molecular weight excluding hydrogens is 286 g/mol. The minimum atomic E-state index is 0.395. The molecule has 0 aliphatic carbocycles. The quantitative estimate of drug-likeness (QED) is 0.871. The fraction of sp³-hybridized carbons (Fsp3) is 0.500. The van der Waals surface area contributed by atoms with Crippen LogP contribution in [0.5, 0.6) is 0 Å². The van der Waals surface area contributed by atoms with Crippen molar-refractivity contribution in [3.63, 3.8) is 0 Å². The molecule has 0 aromatic carbocycles. The second-order valence-electron chi connectivity index (χ2n) is 6.86. The molecular formula is C18H23N5. The SMILES string of the molecule is c1ccc(CN2CC[C@]3(CCCN(c4ncccn4)C3)C2)nc1. The molecule has 2 aromatic rings. The highest BCUT2D eigenvalue weighted by Crippen LogP contribution is 2.40. The highest BCUT2D eigenvalue weighted by Gasteiger charge is 2.41. The maximum atomic E-state index is 4.47. The lowest BCUT2D eigenvalue weighted by Gasteiger charge is -2.40. The summed E-state index contributed by atoms with van der Waals surface area (Å²) in [7, 11) is 0. The molecule has 0 bridgehead atoms. The lowest BCUT2D eigenvalue weighted by atomic mass is 9.79. The Balaban J connectivity index is 1.43. The Labute approximate surface area is 137 Å². The van der Waals surface area contributed by atoms with Crippen LogP contribution in [0.25, 0.3) is 0 Å². The third-order valence-corrected chi connectivity index (χ3v) is 5.13. The number of aromatic nitrogens is 3. The molecule has 0 amide bonds. The average molecular weight is 309 g/mol. The van der Waals surface area contributed by atoms with Gasteiger partial charge in [-0.3, -0.25) is 9.88 Å². The predicted molar refractivity (Wildman–Crippen MR) is 90.0 cm³/mol. The van der Waals surface area contributed by atoms with E-state index in [9.17, 15) is 0 Å². The van der Waals surface area contributed by atoms with Gasteiger partial charge in [0.1, 0.15) is 0 Å². The number of hydrogen-bond donors (Lipinski definition) is 0. The van der Waals surface area contributed by atoms with Crippen LogP contribution >= 0.6 is 0 Å². The van der Waals surface area contributed by atoms with Gasteiger partial charge in [0, 0.05) is 50.2 Å². The van der Waals surface area contributed by atoms with E-state index >= 15 is 0 Å². The van der Waals surface area contributed by atoms with Crippen LogP contribution < -0.4 is 4.90 Å². The second kappa shape index (κ2) is 6.24. The van der Waals surface area contributed by atoms with Crippen LogP contribution in [-0.4, -0.2) is 46.0 Å². The van der Waals surface area contributed by atoms with Crippen LogP contribution in [0.1, 0.15) is 25.0 Å². The number of piperidine rings is 1. The third-order valence-electron chi connectivity index (χ3n) is 5.13. The zero-order valence-corrected chi connectivity index (χ0v) is 13.4. The summed E-state index contributed by atoms with van der Waals surface area (Å²) in [5.74, 6) is 0.884. The van der Waals surface area contributed by atoms with Gasteiger partial charge in [-0.1, -0.05) is 6.07 Å². The molecule has 2 saturated heterocycles. The first kappa shape index (κ1) is 14.6. The van der Waals surface area contributed by atoms with E-state index in [-0.39, 0.29) is 0 Å². The van der Waals surface area contributed by atoms with Gasteiger partial charge in [-0.25, -0.2) is 9.97 Å². The molecule has 2 aliphatic rings. The summed E-state index contributed by atoms with van der Waals surface area (Å²) < 4.78 is 0. The molecule has 0 N–H and O–H groups in total. The summed E-state index contributed by atoms with van der Waals surface area (Å²) in [6.07, 6.45) is 9.38. The predicted octanol–water partition coefficient (Wildman–Crippen LogP) is 2.36. The van der Waals surface area contributed by atoms with E-state index in [2.05, 4.69) is 36.9 Å². The van der Waals surface area contributed by atoms with E-state index in [0.29, 0.717) is 5.41 Å². The zero-order valence-electron chi connectivity index (χ0n) is 13.4. The highest BCUT2D eigenvalue weighted by atomic mass is 15.3. The number of rotatable bonds is 3. The average Bonchev–Trinajstić information content (AvgIpc) is 2.98.